The molecular weight excluding hydrogens is 278 g/mol. The van der Waals surface area contributed by atoms with Crippen LogP contribution in [0.1, 0.15) is 18.9 Å². The molecule has 1 aromatic carbocycles. The van der Waals surface area contributed by atoms with E-state index < -0.39 is 0 Å². The van der Waals surface area contributed by atoms with Gasteiger partial charge in [-0.05, 0) is 37.7 Å². The summed E-state index contributed by atoms with van der Waals surface area (Å²) in [6.07, 6.45) is 1.19. The predicted octanol–water partition coefficient (Wildman–Crippen LogP) is 2.53. The number of piperazine rings is 1. The Labute approximate surface area is 134 Å². The van der Waals surface area contributed by atoms with Crippen molar-refractivity contribution in [2.45, 2.75) is 24.8 Å². The quantitative estimate of drug-likeness (QED) is 0.587. The highest BCUT2D eigenvalue weighted by atomic mass is 32.2. The van der Waals surface area contributed by atoms with Gasteiger partial charge in [0.05, 0.1) is 0 Å². The van der Waals surface area contributed by atoms with Crippen LogP contribution in [0, 0.1) is 0 Å². The average molecular weight is 308 g/mol. The fourth-order valence-corrected chi connectivity index (χ4v) is 3.51. The molecule has 0 unspecified atom stereocenters. The molecule has 4 heteroatoms. The summed E-state index contributed by atoms with van der Waals surface area (Å²) in [6, 6.07) is 8.96. The minimum Gasteiger partial charge on any atom is -0.313 e. The van der Waals surface area contributed by atoms with Crippen molar-refractivity contribution >= 4 is 11.8 Å². The number of thioether (sulfide) groups is 1. The van der Waals surface area contributed by atoms with Gasteiger partial charge in [-0.2, -0.15) is 0 Å². The molecule has 2 rings (SSSR count). The zero-order valence-electron chi connectivity index (χ0n) is 13.5. The van der Waals surface area contributed by atoms with Crippen LogP contribution in [-0.4, -0.2) is 61.9 Å². The Balaban J connectivity index is 1.69. The number of hydrogen-bond donors (Lipinski definition) is 1. The molecule has 21 heavy (non-hydrogen) atoms. The summed E-state index contributed by atoms with van der Waals surface area (Å²) in [5.41, 5.74) is 1.40. The maximum absolute atomic E-state index is 3.47. The Hall–Kier alpha value is -0.550. The third-order valence-electron chi connectivity index (χ3n) is 3.93. The highest BCUT2D eigenvalue weighted by molar-refractivity contribution is 7.99. The molecule has 0 aromatic heterocycles. The molecule has 1 saturated heterocycles. The van der Waals surface area contributed by atoms with Crippen molar-refractivity contribution in [3.05, 3.63) is 29.8 Å². The molecule has 0 aliphatic carbocycles. The van der Waals surface area contributed by atoms with Gasteiger partial charge in [-0.15, -0.1) is 11.8 Å². The number of rotatable bonds is 8. The van der Waals surface area contributed by atoms with E-state index in [9.17, 15) is 0 Å². The van der Waals surface area contributed by atoms with Crippen LogP contribution in [0.25, 0.3) is 0 Å². The van der Waals surface area contributed by atoms with Gasteiger partial charge in [0.25, 0.3) is 0 Å². The van der Waals surface area contributed by atoms with Crippen LogP contribution in [0.3, 0.4) is 0 Å². The number of nitrogens with one attached hydrogen (secondary N) is 1. The maximum Gasteiger partial charge on any atom is 0.0205 e. The van der Waals surface area contributed by atoms with E-state index in [1.54, 1.807) is 0 Å². The molecule has 1 fully saturated rings. The van der Waals surface area contributed by atoms with Gasteiger partial charge in [0, 0.05) is 49.9 Å². The Morgan fingerprint density at radius 3 is 2.76 bits per heavy atom. The first-order chi connectivity index (χ1) is 10.3. The van der Waals surface area contributed by atoms with E-state index in [4.69, 9.17) is 0 Å². The molecule has 0 amide bonds. The lowest BCUT2D eigenvalue weighted by molar-refractivity contribution is 0.161. The molecule has 0 radical (unpaired) electrons. The van der Waals surface area contributed by atoms with Crippen molar-refractivity contribution in [2.24, 2.45) is 0 Å². The van der Waals surface area contributed by atoms with E-state index in [-0.39, 0.29) is 0 Å². The summed E-state index contributed by atoms with van der Waals surface area (Å²) in [7, 11) is 2.21. The first-order valence-electron chi connectivity index (χ1n) is 8.11. The van der Waals surface area contributed by atoms with E-state index in [1.807, 2.05) is 11.8 Å². The second-order valence-electron chi connectivity index (χ2n) is 5.82. The van der Waals surface area contributed by atoms with Gasteiger partial charge in [-0.3, -0.25) is 4.90 Å². The van der Waals surface area contributed by atoms with E-state index in [1.165, 1.54) is 55.4 Å². The Morgan fingerprint density at radius 2 is 2.00 bits per heavy atom. The average Bonchev–Trinajstić information content (AvgIpc) is 2.50. The zero-order valence-corrected chi connectivity index (χ0v) is 14.3. The predicted molar refractivity (Wildman–Crippen MR) is 93.1 cm³/mol. The van der Waals surface area contributed by atoms with E-state index >= 15 is 0 Å². The van der Waals surface area contributed by atoms with Crippen LogP contribution < -0.4 is 5.32 Å². The molecule has 0 atom stereocenters. The molecule has 0 bridgehead atoms. The zero-order chi connectivity index (χ0) is 14.9. The van der Waals surface area contributed by atoms with E-state index in [2.05, 4.69) is 53.4 Å². The standard InChI is InChI=1S/C17H29N3S/c1-3-7-18-15-16-5-4-6-17(14-16)21-13-12-20-10-8-19(2)9-11-20/h4-6,14,18H,3,7-13,15H2,1-2H3. The van der Waals surface area contributed by atoms with Crippen molar-refractivity contribution in [1.82, 2.24) is 15.1 Å². The second kappa shape index (κ2) is 9.46. The molecule has 1 heterocycles. The number of nitrogens with zero attached hydrogens (tertiary/aromatic N) is 2. The fraction of sp³-hybridized carbons (Fsp3) is 0.647. The normalized spacial score (nSPS) is 17.2. The van der Waals surface area contributed by atoms with Gasteiger partial charge >= 0.3 is 0 Å². The summed E-state index contributed by atoms with van der Waals surface area (Å²) in [5.74, 6) is 1.19. The molecule has 1 N–H and O–H groups in total. The third-order valence-corrected chi connectivity index (χ3v) is 4.90. The molecule has 1 aromatic rings. The van der Waals surface area contributed by atoms with Crippen LogP contribution in [0.5, 0.6) is 0 Å². The second-order valence-corrected chi connectivity index (χ2v) is 6.99. The summed E-state index contributed by atoms with van der Waals surface area (Å²) < 4.78 is 0. The number of hydrogen-bond acceptors (Lipinski definition) is 4. The van der Waals surface area contributed by atoms with Gasteiger partial charge in [0.1, 0.15) is 0 Å². The van der Waals surface area contributed by atoms with Crippen LogP contribution >= 0.6 is 11.8 Å². The van der Waals surface area contributed by atoms with Crippen molar-refractivity contribution < 1.29 is 0 Å². The van der Waals surface area contributed by atoms with Crippen LogP contribution in [0.2, 0.25) is 0 Å². The highest BCUT2D eigenvalue weighted by Gasteiger charge is 2.12. The lowest BCUT2D eigenvalue weighted by Crippen LogP contribution is -2.45. The van der Waals surface area contributed by atoms with Gasteiger partial charge in [-0.25, -0.2) is 0 Å². The molecule has 1 aliphatic heterocycles. The smallest absolute Gasteiger partial charge is 0.0205 e. The van der Waals surface area contributed by atoms with Crippen molar-refractivity contribution in [1.29, 1.82) is 0 Å². The molecule has 1 aliphatic rings. The Morgan fingerprint density at radius 1 is 1.19 bits per heavy atom. The lowest BCUT2D eigenvalue weighted by atomic mass is 10.2. The summed E-state index contributed by atoms with van der Waals surface area (Å²) in [5, 5.41) is 3.47. The number of likely N-dealkylation sites (N-methyl/N-ethyl adjacent to an activating group) is 1. The first-order valence-corrected chi connectivity index (χ1v) is 9.10. The van der Waals surface area contributed by atoms with Crippen molar-refractivity contribution in [3.63, 3.8) is 0 Å². The van der Waals surface area contributed by atoms with Crippen molar-refractivity contribution in [3.8, 4) is 0 Å². The summed E-state index contributed by atoms with van der Waals surface area (Å²) >= 11 is 1.99. The first kappa shape index (κ1) is 16.8. The topological polar surface area (TPSA) is 18.5 Å². The van der Waals surface area contributed by atoms with Crippen molar-refractivity contribution in [2.75, 3.05) is 52.1 Å². The highest BCUT2D eigenvalue weighted by Crippen LogP contribution is 2.19. The molecule has 0 spiro atoms. The van der Waals surface area contributed by atoms with Crippen LogP contribution in [-0.2, 0) is 6.54 Å². The minimum absolute atomic E-state index is 0.987. The van der Waals surface area contributed by atoms with Crippen LogP contribution in [0.15, 0.2) is 29.2 Å². The maximum atomic E-state index is 3.47. The Kier molecular flexibility index (Phi) is 7.58. The third kappa shape index (κ3) is 6.39. The summed E-state index contributed by atoms with van der Waals surface area (Å²) in [6.45, 7) is 10.4. The molecule has 118 valence electrons. The minimum atomic E-state index is 0.987. The SMILES string of the molecule is CCCNCc1cccc(SCCN2CCN(C)CC2)c1. The van der Waals surface area contributed by atoms with E-state index in [0.717, 1.165) is 13.1 Å². The fourth-order valence-electron chi connectivity index (χ4n) is 2.52. The largest absolute Gasteiger partial charge is 0.313 e. The van der Waals surface area contributed by atoms with Gasteiger partial charge < -0.3 is 10.2 Å². The molecular formula is C17H29N3S. The Bertz CT molecular complexity index is 403. The molecule has 3 nitrogen and oxygen atoms in total. The van der Waals surface area contributed by atoms with Gasteiger partial charge in [0.15, 0.2) is 0 Å². The monoisotopic (exact) mass is 307 g/mol. The lowest BCUT2D eigenvalue weighted by Gasteiger charge is -2.32. The van der Waals surface area contributed by atoms with E-state index in [0.29, 0.717) is 0 Å². The summed E-state index contributed by atoms with van der Waals surface area (Å²) in [4.78, 5) is 6.40. The number of benzene rings is 1. The van der Waals surface area contributed by atoms with Gasteiger partial charge in [-0.1, -0.05) is 19.1 Å². The molecule has 0 saturated carbocycles. The van der Waals surface area contributed by atoms with Gasteiger partial charge in [0.2, 0.25) is 0 Å². The van der Waals surface area contributed by atoms with Crippen LogP contribution in [0.4, 0.5) is 0 Å².